The van der Waals surface area contributed by atoms with Crippen LogP contribution in [0.15, 0.2) is 48.5 Å². The lowest BCUT2D eigenvalue weighted by Gasteiger charge is -2.33. The Morgan fingerprint density at radius 2 is 1.79 bits per heavy atom. The van der Waals surface area contributed by atoms with E-state index in [1.165, 1.54) is 5.56 Å². The molecule has 0 radical (unpaired) electrons. The fraction of sp³-hybridized carbons (Fsp3) is 0.300. The number of piperidine rings is 1. The molecule has 2 aromatic rings. The molecule has 2 aromatic carbocycles. The number of hydrogen-bond acceptors (Lipinski definition) is 3. The fourth-order valence-electron chi connectivity index (χ4n) is 3.96. The standard InChI is InChI=1S/C20H19N3O/c21-13-15-5-7-16(8-6-15)14-23-18-4-2-1-3-17(18)20(19(23)24)9-11-22-12-10-20/h1-8,22H,9-12,14H2. The molecular formula is C20H19N3O. The zero-order valence-electron chi connectivity index (χ0n) is 13.5. The van der Waals surface area contributed by atoms with Crippen molar-refractivity contribution in [2.45, 2.75) is 24.8 Å². The summed E-state index contributed by atoms with van der Waals surface area (Å²) >= 11 is 0. The van der Waals surface area contributed by atoms with Crippen LogP contribution in [-0.4, -0.2) is 19.0 Å². The van der Waals surface area contributed by atoms with Crippen LogP contribution in [-0.2, 0) is 16.8 Å². The summed E-state index contributed by atoms with van der Waals surface area (Å²) in [5.41, 5.74) is 3.53. The first-order valence-corrected chi connectivity index (χ1v) is 8.36. The van der Waals surface area contributed by atoms with E-state index in [1.54, 1.807) is 0 Å². The lowest BCUT2D eigenvalue weighted by Crippen LogP contribution is -2.47. The number of carbonyl (C=O) groups excluding carboxylic acids is 1. The number of anilines is 1. The van der Waals surface area contributed by atoms with Gasteiger partial charge < -0.3 is 10.2 Å². The van der Waals surface area contributed by atoms with Gasteiger partial charge in [-0.1, -0.05) is 30.3 Å². The second-order valence-corrected chi connectivity index (χ2v) is 6.55. The maximum atomic E-state index is 13.3. The molecule has 1 saturated heterocycles. The first-order chi connectivity index (χ1) is 11.7. The second-order valence-electron chi connectivity index (χ2n) is 6.55. The summed E-state index contributed by atoms with van der Waals surface area (Å²) in [5, 5.41) is 12.3. The monoisotopic (exact) mass is 317 g/mol. The summed E-state index contributed by atoms with van der Waals surface area (Å²) in [6.45, 7) is 2.31. The van der Waals surface area contributed by atoms with E-state index in [1.807, 2.05) is 47.4 Å². The van der Waals surface area contributed by atoms with Gasteiger partial charge in [-0.15, -0.1) is 0 Å². The van der Waals surface area contributed by atoms with Gasteiger partial charge in [0, 0.05) is 5.69 Å². The average molecular weight is 317 g/mol. The minimum atomic E-state index is -0.367. The van der Waals surface area contributed by atoms with Crippen LogP contribution in [0.4, 0.5) is 5.69 Å². The van der Waals surface area contributed by atoms with Gasteiger partial charge in [0.15, 0.2) is 0 Å². The van der Waals surface area contributed by atoms with Crippen molar-refractivity contribution in [3.05, 3.63) is 65.2 Å². The smallest absolute Gasteiger partial charge is 0.238 e. The average Bonchev–Trinajstić information content (AvgIpc) is 2.86. The number of nitriles is 1. The third-order valence-electron chi connectivity index (χ3n) is 5.25. The zero-order valence-corrected chi connectivity index (χ0v) is 13.5. The molecule has 0 atom stereocenters. The van der Waals surface area contributed by atoms with Crippen LogP contribution in [0, 0.1) is 11.3 Å². The van der Waals surface area contributed by atoms with E-state index >= 15 is 0 Å². The van der Waals surface area contributed by atoms with Gasteiger partial charge in [-0.3, -0.25) is 4.79 Å². The Morgan fingerprint density at radius 1 is 1.08 bits per heavy atom. The highest BCUT2D eigenvalue weighted by Gasteiger charge is 2.50. The Hall–Kier alpha value is -2.64. The van der Waals surface area contributed by atoms with Crippen molar-refractivity contribution in [1.29, 1.82) is 5.26 Å². The summed E-state index contributed by atoms with van der Waals surface area (Å²) in [7, 11) is 0. The van der Waals surface area contributed by atoms with Crippen LogP contribution in [0.3, 0.4) is 0 Å². The molecule has 0 saturated carbocycles. The highest BCUT2D eigenvalue weighted by molar-refractivity contribution is 6.08. The number of nitrogens with one attached hydrogen (secondary N) is 1. The number of amides is 1. The number of para-hydroxylation sites is 1. The molecule has 24 heavy (non-hydrogen) atoms. The zero-order chi connectivity index (χ0) is 16.6. The van der Waals surface area contributed by atoms with Crippen LogP contribution >= 0.6 is 0 Å². The van der Waals surface area contributed by atoms with Gasteiger partial charge in [0.25, 0.3) is 0 Å². The molecule has 4 rings (SSSR count). The summed E-state index contributed by atoms with van der Waals surface area (Å²) < 4.78 is 0. The first-order valence-electron chi connectivity index (χ1n) is 8.36. The number of fused-ring (bicyclic) bond motifs is 2. The molecule has 1 amide bonds. The van der Waals surface area contributed by atoms with Crippen molar-refractivity contribution in [3.63, 3.8) is 0 Å². The molecule has 0 aliphatic carbocycles. The number of carbonyl (C=O) groups is 1. The van der Waals surface area contributed by atoms with Gasteiger partial charge in [0.2, 0.25) is 5.91 Å². The molecular weight excluding hydrogens is 298 g/mol. The summed E-state index contributed by atoms with van der Waals surface area (Å²) in [4.78, 5) is 15.2. The summed E-state index contributed by atoms with van der Waals surface area (Å²) in [5.74, 6) is 0.217. The maximum absolute atomic E-state index is 13.3. The van der Waals surface area contributed by atoms with E-state index in [4.69, 9.17) is 5.26 Å². The van der Waals surface area contributed by atoms with Crippen LogP contribution in [0.5, 0.6) is 0 Å². The van der Waals surface area contributed by atoms with Crippen molar-refractivity contribution in [3.8, 4) is 6.07 Å². The molecule has 4 heteroatoms. The van der Waals surface area contributed by atoms with Crippen LogP contribution in [0.1, 0.15) is 29.5 Å². The van der Waals surface area contributed by atoms with Gasteiger partial charge in [-0.2, -0.15) is 5.26 Å². The minimum absolute atomic E-state index is 0.217. The fourth-order valence-corrected chi connectivity index (χ4v) is 3.96. The molecule has 0 bridgehead atoms. The Labute approximate surface area is 141 Å². The highest BCUT2D eigenvalue weighted by atomic mass is 16.2. The molecule has 1 fully saturated rings. The molecule has 1 spiro atoms. The topological polar surface area (TPSA) is 56.1 Å². The molecule has 4 nitrogen and oxygen atoms in total. The van der Waals surface area contributed by atoms with E-state index in [-0.39, 0.29) is 11.3 Å². The van der Waals surface area contributed by atoms with Crippen molar-refractivity contribution in [1.82, 2.24) is 5.32 Å². The molecule has 2 aliphatic heterocycles. The number of benzene rings is 2. The molecule has 2 heterocycles. The Bertz CT molecular complexity index is 814. The van der Waals surface area contributed by atoms with Crippen molar-refractivity contribution >= 4 is 11.6 Å². The van der Waals surface area contributed by atoms with E-state index in [0.29, 0.717) is 12.1 Å². The Balaban J connectivity index is 1.71. The van der Waals surface area contributed by atoms with Crippen molar-refractivity contribution < 1.29 is 4.79 Å². The van der Waals surface area contributed by atoms with Gasteiger partial charge in [0.1, 0.15) is 0 Å². The van der Waals surface area contributed by atoms with Crippen LogP contribution in [0.2, 0.25) is 0 Å². The predicted molar refractivity (Wildman–Crippen MR) is 92.6 cm³/mol. The SMILES string of the molecule is N#Cc1ccc(CN2C(=O)C3(CCNCC3)c3ccccc32)cc1. The highest BCUT2D eigenvalue weighted by Crippen LogP contribution is 2.47. The lowest BCUT2D eigenvalue weighted by atomic mass is 9.74. The molecule has 0 unspecified atom stereocenters. The number of nitrogens with zero attached hydrogens (tertiary/aromatic N) is 2. The van der Waals surface area contributed by atoms with Crippen LogP contribution in [0.25, 0.3) is 0 Å². The Kier molecular flexibility index (Phi) is 3.59. The van der Waals surface area contributed by atoms with Gasteiger partial charge in [-0.25, -0.2) is 0 Å². The van der Waals surface area contributed by atoms with Crippen molar-refractivity contribution in [2.24, 2.45) is 0 Å². The number of rotatable bonds is 2. The van der Waals surface area contributed by atoms with Crippen molar-refractivity contribution in [2.75, 3.05) is 18.0 Å². The van der Waals surface area contributed by atoms with E-state index in [2.05, 4.69) is 17.5 Å². The first kappa shape index (κ1) is 14.9. The largest absolute Gasteiger partial charge is 0.317 e. The quantitative estimate of drug-likeness (QED) is 0.926. The van der Waals surface area contributed by atoms with E-state index in [9.17, 15) is 4.79 Å². The third kappa shape index (κ3) is 2.21. The van der Waals surface area contributed by atoms with Crippen LogP contribution < -0.4 is 10.2 Å². The Morgan fingerprint density at radius 3 is 2.50 bits per heavy atom. The molecule has 2 aliphatic rings. The second kappa shape index (κ2) is 5.77. The van der Waals surface area contributed by atoms with Gasteiger partial charge in [0.05, 0.1) is 23.6 Å². The van der Waals surface area contributed by atoms with Gasteiger partial charge in [-0.05, 0) is 55.3 Å². The molecule has 1 N–H and O–H groups in total. The summed E-state index contributed by atoms with van der Waals surface area (Å²) in [6.07, 6.45) is 1.71. The normalized spacial score (nSPS) is 18.5. The molecule has 120 valence electrons. The van der Waals surface area contributed by atoms with E-state index < -0.39 is 0 Å². The minimum Gasteiger partial charge on any atom is -0.317 e. The number of hydrogen-bond donors (Lipinski definition) is 1. The third-order valence-corrected chi connectivity index (χ3v) is 5.25. The van der Waals surface area contributed by atoms with Gasteiger partial charge >= 0.3 is 0 Å². The molecule has 0 aromatic heterocycles. The van der Waals surface area contributed by atoms with E-state index in [0.717, 1.165) is 37.2 Å². The maximum Gasteiger partial charge on any atom is 0.238 e. The lowest BCUT2D eigenvalue weighted by molar-refractivity contribution is -0.124. The summed E-state index contributed by atoms with van der Waals surface area (Å²) in [6, 6.07) is 17.8. The predicted octanol–water partition coefficient (Wildman–Crippen LogP) is 2.73.